The molecule has 2 aromatic carbocycles. The maximum absolute atomic E-state index is 4.69. The number of hydrogen-bond donors (Lipinski definition) is 0. The van der Waals surface area contributed by atoms with Gasteiger partial charge in [0.05, 0.1) is 5.69 Å². The molecule has 3 rings (SSSR count). The van der Waals surface area contributed by atoms with Crippen LogP contribution in [0.1, 0.15) is 36.5 Å². The van der Waals surface area contributed by atoms with Crippen LogP contribution in [0.3, 0.4) is 0 Å². The van der Waals surface area contributed by atoms with Crippen molar-refractivity contribution < 1.29 is 0 Å². The summed E-state index contributed by atoms with van der Waals surface area (Å²) < 4.78 is 1.34. The van der Waals surface area contributed by atoms with Crippen LogP contribution in [0.2, 0.25) is 0 Å². The van der Waals surface area contributed by atoms with Gasteiger partial charge in [-0.25, -0.2) is 0 Å². The molecule has 0 bridgehead atoms. The Morgan fingerprint density at radius 2 is 1.64 bits per heavy atom. The van der Waals surface area contributed by atoms with E-state index < -0.39 is 0 Å². The Balaban J connectivity index is 2.28. The van der Waals surface area contributed by atoms with Crippen LogP contribution < -0.4 is 0 Å². The first-order valence-corrected chi connectivity index (χ1v) is 8.71. The lowest BCUT2D eigenvalue weighted by Gasteiger charge is -2.12. The van der Waals surface area contributed by atoms with E-state index in [-0.39, 0.29) is 0 Å². The van der Waals surface area contributed by atoms with E-state index >= 15 is 0 Å². The number of rotatable bonds is 2. The molecule has 0 radical (unpaired) electrons. The topological polar surface area (TPSA) is 12.9 Å². The third-order valence-corrected chi connectivity index (χ3v) is 5.87. The molecule has 0 N–H and O–H groups in total. The zero-order chi connectivity index (χ0) is 15.9. The first kappa shape index (κ1) is 15.5. The lowest BCUT2D eigenvalue weighted by molar-refractivity contribution is 0.869. The highest BCUT2D eigenvalue weighted by atomic mass is 127. The van der Waals surface area contributed by atoms with Crippen LogP contribution in [-0.4, -0.2) is 4.98 Å². The van der Waals surface area contributed by atoms with Crippen LogP contribution in [0, 0.1) is 17.4 Å². The van der Waals surface area contributed by atoms with Gasteiger partial charge in [0.15, 0.2) is 0 Å². The SMILES string of the molecule is Cc1cc(-c2nccc3ccc(C(C)C)cc23)cc(C)c1I. The maximum atomic E-state index is 4.69. The van der Waals surface area contributed by atoms with Gasteiger partial charge in [-0.15, -0.1) is 0 Å². The molecule has 0 spiro atoms. The summed E-state index contributed by atoms with van der Waals surface area (Å²) in [5, 5.41) is 2.50. The number of aromatic nitrogens is 1. The highest BCUT2D eigenvalue weighted by Gasteiger charge is 2.10. The summed E-state index contributed by atoms with van der Waals surface area (Å²) in [6.45, 7) is 8.80. The van der Waals surface area contributed by atoms with Gasteiger partial charge in [0, 0.05) is 20.7 Å². The molecule has 22 heavy (non-hydrogen) atoms. The van der Waals surface area contributed by atoms with E-state index in [0.29, 0.717) is 5.92 Å². The molecule has 0 amide bonds. The number of nitrogens with zero attached hydrogens (tertiary/aromatic N) is 1. The van der Waals surface area contributed by atoms with Crippen LogP contribution in [0.5, 0.6) is 0 Å². The fraction of sp³-hybridized carbons (Fsp3) is 0.250. The van der Waals surface area contributed by atoms with Crippen LogP contribution >= 0.6 is 22.6 Å². The van der Waals surface area contributed by atoms with Crippen LogP contribution in [-0.2, 0) is 0 Å². The Bertz CT molecular complexity index is 826. The minimum absolute atomic E-state index is 0.526. The molecule has 0 saturated carbocycles. The summed E-state index contributed by atoms with van der Waals surface area (Å²) in [5.74, 6) is 0.526. The fourth-order valence-corrected chi connectivity index (χ4v) is 3.17. The summed E-state index contributed by atoms with van der Waals surface area (Å²) in [6, 6.07) is 13.3. The Morgan fingerprint density at radius 3 is 2.27 bits per heavy atom. The van der Waals surface area contributed by atoms with Crippen molar-refractivity contribution in [3.63, 3.8) is 0 Å². The molecule has 1 nitrogen and oxygen atoms in total. The van der Waals surface area contributed by atoms with Crippen LogP contribution in [0.15, 0.2) is 42.6 Å². The molecule has 1 heterocycles. The molecule has 0 unspecified atom stereocenters. The monoisotopic (exact) mass is 401 g/mol. The lowest BCUT2D eigenvalue weighted by Crippen LogP contribution is -1.93. The highest BCUT2D eigenvalue weighted by Crippen LogP contribution is 2.31. The lowest BCUT2D eigenvalue weighted by atomic mass is 9.96. The van der Waals surface area contributed by atoms with Gasteiger partial charge in [-0.2, -0.15) is 0 Å². The largest absolute Gasteiger partial charge is 0.256 e. The number of fused-ring (bicyclic) bond motifs is 1. The van der Waals surface area contributed by atoms with Gasteiger partial charge in [-0.3, -0.25) is 4.98 Å². The summed E-state index contributed by atoms with van der Waals surface area (Å²) in [4.78, 5) is 4.69. The van der Waals surface area contributed by atoms with E-state index in [1.165, 1.54) is 36.6 Å². The second-order valence-corrected chi connectivity index (χ2v) is 7.30. The normalized spacial score (nSPS) is 11.4. The average Bonchev–Trinajstić information content (AvgIpc) is 2.51. The average molecular weight is 401 g/mol. The summed E-state index contributed by atoms with van der Waals surface area (Å²) in [7, 11) is 0. The Labute approximate surface area is 145 Å². The Hall–Kier alpha value is -1.42. The van der Waals surface area contributed by atoms with Crippen molar-refractivity contribution in [2.75, 3.05) is 0 Å². The predicted octanol–water partition coefficient (Wildman–Crippen LogP) is 6.25. The van der Waals surface area contributed by atoms with Crippen molar-refractivity contribution in [1.29, 1.82) is 0 Å². The second-order valence-electron chi connectivity index (χ2n) is 6.22. The van der Waals surface area contributed by atoms with E-state index in [9.17, 15) is 0 Å². The van der Waals surface area contributed by atoms with Crippen LogP contribution in [0.4, 0.5) is 0 Å². The van der Waals surface area contributed by atoms with E-state index in [1.54, 1.807) is 0 Å². The van der Waals surface area contributed by atoms with Gasteiger partial charge < -0.3 is 0 Å². The fourth-order valence-electron chi connectivity index (χ4n) is 2.86. The minimum Gasteiger partial charge on any atom is -0.256 e. The van der Waals surface area contributed by atoms with Crippen molar-refractivity contribution in [2.24, 2.45) is 0 Å². The van der Waals surface area contributed by atoms with E-state index in [0.717, 1.165) is 5.69 Å². The van der Waals surface area contributed by atoms with E-state index in [2.05, 4.69) is 91.7 Å². The van der Waals surface area contributed by atoms with Crippen molar-refractivity contribution in [2.45, 2.75) is 33.6 Å². The molecule has 3 aromatic rings. The number of pyridine rings is 1. The molecular formula is C20H20IN. The van der Waals surface area contributed by atoms with Crippen LogP contribution in [0.25, 0.3) is 22.0 Å². The van der Waals surface area contributed by atoms with Crippen molar-refractivity contribution >= 4 is 33.4 Å². The number of aryl methyl sites for hydroxylation is 2. The molecular weight excluding hydrogens is 381 g/mol. The van der Waals surface area contributed by atoms with Gasteiger partial charge in [-0.1, -0.05) is 26.0 Å². The molecule has 0 saturated heterocycles. The van der Waals surface area contributed by atoms with Crippen molar-refractivity contribution in [3.8, 4) is 11.3 Å². The van der Waals surface area contributed by atoms with Gasteiger partial charge in [0.2, 0.25) is 0 Å². The van der Waals surface area contributed by atoms with Crippen molar-refractivity contribution in [1.82, 2.24) is 4.98 Å². The summed E-state index contributed by atoms with van der Waals surface area (Å²) in [5.41, 5.74) is 6.29. The molecule has 2 heteroatoms. The molecule has 0 aliphatic heterocycles. The van der Waals surface area contributed by atoms with Gasteiger partial charge in [0.1, 0.15) is 0 Å². The zero-order valence-corrected chi connectivity index (χ0v) is 15.6. The predicted molar refractivity (Wildman–Crippen MR) is 103 cm³/mol. The molecule has 0 aliphatic carbocycles. The standard InChI is InChI=1S/C20H20IN/c1-12(2)16-6-5-15-7-8-22-20(18(15)11-16)17-9-13(3)19(21)14(4)10-17/h5-12H,1-4H3. The van der Waals surface area contributed by atoms with Gasteiger partial charge in [0.25, 0.3) is 0 Å². The van der Waals surface area contributed by atoms with E-state index in [4.69, 9.17) is 0 Å². The molecule has 1 aromatic heterocycles. The quantitative estimate of drug-likeness (QED) is 0.463. The first-order valence-electron chi connectivity index (χ1n) is 7.63. The molecule has 0 fully saturated rings. The second kappa shape index (κ2) is 5.99. The van der Waals surface area contributed by atoms with Gasteiger partial charge in [-0.05, 0) is 88.7 Å². The Morgan fingerprint density at radius 1 is 0.955 bits per heavy atom. The molecule has 112 valence electrons. The van der Waals surface area contributed by atoms with E-state index in [1.807, 2.05) is 6.20 Å². The first-order chi connectivity index (χ1) is 10.5. The summed E-state index contributed by atoms with van der Waals surface area (Å²) in [6.07, 6.45) is 1.91. The third-order valence-electron chi connectivity index (χ3n) is 4.17. The smallest absolute Gasteiger partial charge is 0.0780 e. The highest BCUT2D eigenvalue weighted by molar-refractivity contribution is 14.1. The Kier molecular flexibility index (Phi) is 4.22. The molecule has 0 aliphatic rings. The number of halogens is 1. The zero-order valence-electron chi connectivity index (χ0n) is 13.4. The summed E-state index contributed by atoms with van der Waals surface area (Å²) >= 11 is 2.42. The van der Waals surface area contributed by atoms with Gasteiger partial charge >= 0.3 is 0 Å². The van der Waals surface area contributed by atoms with Crippen molar-refractivity contribution in [3.05, 3.63) is 62.9 Å². The minimum atomic E-state index is 0.526. The maximum Gasteiger partial charge on any atom is 0.0780 e. The third kappa shape index (κ3) is 2.76. The number of benzene rings is 2. The molecule has 0 atom stereocenters. The number of hydrogen-bond acceptors (Lipinski definition) is 1.